The SMILES string of the molecule is O=C(NC1CCN(C(=O)C2CC2)CC1)c1cc2cc(Cl)ccc2[nH]1. The van der Waals surface area contributed by atoms with Gasteiger partial charge < -0.3 is 15.2 Å². The lowest BCUT2D eigenvalue weighted by molar-refractivity contribution is -0.133. The molecule has 0 atom stereocenters. The van der Waals surface area contributed by atoms with E-state index in [1.807, 2.05) is 23.1 Å². The number of aromatic nitrogens is 1. The summed E-state index contributed by atoms with van der Waals surface area (Å²) >= 11 is 5.98. The van der Waals surface area contributed by atoms with Crippen LogP contribution in [0.15, 0.2) is 24.3 Å². The van der Waals surface area contributed by atoms with Crippen molar-refractivity contribution in [1.29, 1.82) is 0 Å². The lowest BCUT2D eigenvalue weighted by atomic mass is 10.0. The van der Waals surface area contributed by atoms with Crippen LogP contribution in [0.2, 0.25) is 5.02 Å². The van der Waals surface area contributed by atoms with E-state index in [0.717, 1.165) is 49.7 Å². The third-order valence-electron chi connectivity index (χ3n) is 4.90. The summed E-state index contributed by atoms with van der Waals surface area (Å²) in [5.41, 5.74) is 1.44. The second kappa shape index (κ2) is 6.13. The van der Waals surface area contributed by atoms with Gasteiger partial charge in [0, 0.05) is 41.0 Å². The maximum absolute atomic E-state index is 12.4. The van der Waals surface area contributed by atoms with Gasteiger partial charge in [0.15, 0.2) is 0 Å². The summed E-state index contributed by atoms with van der Waals surface area (Å²) in [4.78, 5) is 29.6. The van der Waals surface area contributed by atoms with Crippen LogP contribution in [-0.2, 0) is 4.79 Å². The predicted octanol–water partition coefficient (Wildman–Crippen LogP) is 2.95. The number of amides is 2. The smallest absolute Gasteiger partial charge is 0.267 e. The van der Waals surface area contributed by atoms with Gasteiger partial charge in [-0.2, -0.15) is 0 Å². The number of halogens is 1. The second-order valence-electron chi connectivity index (χ2n) is 6.76. The Morgan fingerprint density at radius 1 is 1.12 bits per heavy atom. The molecule has 2 aliphatic rings. The molecule has 6 heteroatoms. The third kappa shape index (κ3) is 3.13. The maximum atomic E-state index is 12.4. The van der Waals surface area contributed by atoms with E-state index in [1.165, 1.54) is 0 Å². The molecule has 0 bridgehead atoms. The topological polar surface area (TPSA) is 65.2 Å². The molecule has 4 rings (SSSR count). The minimum Gasteiger partial charge on any atom is -0.351 e. The lowest BCUT2D eigenvalue weighted by Crippen LogP contribution is -2.47. The number of rotatable bonds is 3. The van der Waals surface area contributed by atoms with Crippen molar-refractivity contribution >= 4 is 34.3 Å². The van der Waals surface area contributed by atoms with Gasteiger partial charge in [-0.15, -0.1) is 0 Å². The van der Waals surface area contributed by atoms with Gasteiger partial charge in [-0.3, -0.25) is 9.59 Å². The monoisotopic (exact) mass is 345 g/mol. The highest BCUT2D eigenvalue weighted by molar-refractivity contribution is 6.31. The molecule has 1 saturated carbocycles. The van der Waals surface area contributed by atoms with Crippen molar-refractivity contribution in [2.75, 3.05) is 13.1 Å². The van der Waals surface area contributed by atoms with Gasteiger partial charge in [-0.05, 0) is 49.9 Å². The van der Waals surface area contributed by atoms with E-state index in [9.17, 15) is 9.59 Å². The fourth-order valence-corrected chi connectivity index (χ4v) is 3.50. The third-order valence-corrected chi connectivity index (χ3v) is 5.13. The van der Waals surface area contributed by atoms with Gasteiger partial charge in [-0.25, -0.2) is 0 Å². The predicted molar refractivity (Wildman–Crippen MR) is 93.1 cm³/mol. The molecule has 1 aliphatic heterocycles. The zero-order valence-corrected chi connectivity index (χ0v) is 14.1. The first-order chi connectivity index (χ1) is 11.6. The Hall–Kier alpha value is -2.01. The van der Waals surface area contributed by atoms with E-state index in [0.29, 0.717) is 16.6 Å². The summed E-state index contributed by atoms with van der Waals surface area (Å²) < 4.78 is 0. The van der Waals surface area contributed by atoms with Gasteiger partial charge >= 0.3 is 0 Å². The Labute approximate surface area is 145 Å². The van der Waals surface area contributed by atoms with Crippen LogP contribution in [0.5, 0.6) is 0 Å². The zero-order chi connectivity index (χ0) is 16.7. The average molecular weight is 346 g/mol. The standard InChI is InChI=1S/C18H20ClN3O2/c19-13-3-4-15-12(9-13)10-16(21-15)17(23)20-14-5-7-22(8-6-14)18(24)11-1-2-11/h3-4,9-11,14,21H,1-2,5-8H2,(H,20,23). The van der Waals surface area contributed by atoms with Crippen molar-refractivity contribution in [2.45, 2.75) is 31.7 Å². The molecule has 2 fully saturated rings. The molecule has 2 amide bonds. The molecule has 2 heterocycles. The Balaban J connectivity index is 1.36. The van der Waals surface area contributed by atoms with Crippen LogP contribution < -0.4 is 5.32 Å². The summed E-state index contributed by atoms with van der Waals surface area (Å²) in [5.74, 6) is 0.468. The average Bonchev–Trinajstić information content (AvgIpc) is 3.34. The number of carbonyl (C=O) groups excluding carboxylic acids is 2. The summed E-state index contributed by atoms with van der Waals surface area (Å²) in [6, 6.07) is 7.45. The minimum absolute atomic E-state index is 0.103. The maximum Gasteiger partial charge on any atom is 0.267 e. The molecule has 2 aromatic rings. The van der Waals surface area contributed by atoms with Crippen LogP contribution in [-0.4, -0.2) is 40.8 Å². The van der Waals surface area contributed by atoms with Crippen LogP contribution in [0.1, 0.15) is 36.2 Å². The van der Waals surface area contributed by atoms with Crippen LogP contribution in [0.4, 0.5) is 0 Å². The number of piperidine rings is 1. The van der Waals surface area contributed by atoms with Crippen LogP contribution in [0, 0.1) is 5.92 Å². The fourth-order valence-electron chi connectivity index (χ4n) is 3.32. The molecule has 2 N–H and O–H groups in total. The van der Waals surface area contributed by atoms with Gasteiger partial charge in [0.1, 0.15) is 5.69 Å². The Kier molecular flexibility index (Phi) is 3.96. The normalized spacial score (nSPS) is 18.8. The summed E-state index contributed by atoms with van der Waals surface area (Å²) in [6.45, 7) is 1.48. The van der Waals surface area contributed by atoms with E-state index in [1.54, 1.807) is 6.07 Å². The highest BCUT2D eigenvalue weighted by Gasteiger charge is 2.35. The number of nitrogens with one attached hydrogen (secondary N) is 2. The number of aromatic amines is 1. The molecule has 0 unspecified atom stereocenters. The Bertz CT molecular complexity index is 789. The number of carbonyl (C=O) groups is 2. The molecule has 5 nitrogen and oxygen atoms in total. The van der Waals surface area contributed by atoms with Crippen molar-refractivity contribution in [3.05, 3.63) is 35.0 Å². The van der Waals surface area contributed by atoms with Gasteiger partial charge in [0.05, 0.1) is 0 Å². The van der Waals surface area contributed by atoms with Crippen molar-refractivity contribution in [3.8, 4) is 0 Å². The minimum atomic E-state index is -0.103. The number of fused-ring (bicyclic) bond motifs is 1. The van der Waals surface area contributed by atoms with E-state index < -0.39 is 0 Å². The first-order valence-corrected chi connectivity index (χ1v) is 8.86. The largest absolute Gasteiger partial charge is 0.351 e. The molecule has 0 radical (unpaired) electrons. The van der Waals surface area contributed by atoms with E-state index >= 15 is 0 Å². The zero-order valence-electron chi connectivity index (χ0n) is 13.3. The van der Waals surface area contributed by atoms with E-state index in [-0.39, 0.29) is 17.9 Å². The molecular weight excluding hydrogens is 326 g/mol. The molecule has 1 aromatic heterocycles. The molecule has 24 heavy (non-hydrogen) atoms. The van der Waals surface area contributed by atoms with Crippen LogP contribution >= 0.6 is 11.6 Å². The van der Waals surface area contributed by atoms with Crippen molar-refractivity contribution < 1.29 is 9.59 Å². The second-order valence-corrected chi connectivity index (χ2v) is 7.20. The van der Waals surface area contributed by atoms with Crippen molar-refractivity contribution in [1.82, 2.24) is 15.2 Å². The number of nitrogens with zero attached hydrogens (tertiary/aromatic N) is 1. The van der Waals surface area contributed by atoms with Crippen molar-refractivity contribution in [3.63, 3.8) is 0 Å². The summed E-state index contributed by atoms with van der Waals surface area (Å²) in [7, 11) is 0. The number of H-pyrrole nitrogens is 1. The first-order valence-electron chi connectivity index (χ1n) is 8.48. The number of hydrogen-bond acceptors (Lipinski definition) is 2. The van der Waals surface area contributed by atoms with Crippen LogP contribution in [0.25, 0.3) is 10.9 Å². The Morgan fingerprint density at radius 2 is 1.88 bits per heavy atom. The lowest BCUT2D eigenvalue weighted by Gasteiger charge is -2.32. The summed E-state index contributed by atoms with van der Waals surface area (Å²) in [6.07, 6.45) is 3.71. The Morgan fingerprint density at radius 3 is 2.58 bits per heavy atom. The summed E-state index contributed by atoms with van der Waals surface area (Å²) in [5, 5.41) is 4.66. The first kappa shape index (κ1) is 15.5. The molecule has 1 aliphatic carbocycles. The quantitative estimate of drug-likeness (QED) is 0.898. The number of hydrogen-bond donors (Lipinski definition) is 2. The van der Waals surface area contributed by atoms with Gasteiger partial charge in [0.2, 0.25) is 5.91 Å². The molecule has 126 valence electrons. The van der Waals surface area contributed by atoms with E-state index in [2.05, 4.69) is 10.3 Å². The molecule has 1 aromatic carbocycles. The molecule has 0 spiro atoms. The van der Waals surface area contributed by atoms with E-state index in [4.69, 9.17) is 11.6 Å². The van der Waals surface area contributed by atoms with Crippen LogP contribution in [0.3, 0.4) is 0 Å². The van der Waals surface area contributed by atoms with Gasteiger partial charge in [-0.1, -0.05) is 11.6 Å². The fraction of sp³-hybridized carbons (Fsp3) is 0.444. The number of likely N-dealkylation sites (tertiary alicyclic amines) is 1. The highest BCUT2D eigenvalue weighted by atomic mass is 35.5. The van der Waals surface area contributed by atoms with Crippen molar-refractivity contribution in [2.24, 2.45) is 5.92 Å². The highest BCUT2D eigenvalue weighted by Crippen LogP contribution is 2.32. The van der Waals surface area contributed by atoms with Gasteiger partial charge in [0.25, 0.3) is 5.91 Å². The molecular formula is C18H20ClN3O2. The molecule has 1 saturated heterocycles. The number of benzene rings is 1.